The highest BCUT2D eigenvalue weighted by Crippen LogP contribution is 2.48. The van der Waals surface area contributed by atoms with Crippen molar-refractivity contribution in [3.8, 4) is 66.8 Å². The topological polar surface area (TPSA) is 32.3 Å². The van der Waals surface area contributed by atoms with Crippen LogP contribution < -0.4 is 10.2 Å². The van der Waals surface area contributed by atoms with E-state index in [0.29, 0.717) is 0 Å². The highest BCUT2D eigenvalue weighted by atomic mass is 16.1. The minimum atomic E-state index is 0.0617. The predicted molar refractivity (Wildman–Crippen MR) is 267 cm³/mol. The molecule has 0 heterocycles. The first kappa shape index (κ1) is 38.4. The van der Waals surface area contributed by atoms with Crippen molar-refractivity contribution in [1.82, 2.24) is 0 Å². The van der Waals surface area contributed by atoms with E-state index in [1.807, 2.05) is 42.5 Å². The van der Waals surface area contributed by atoms with Gasteiger partial charge in [0.25, 0.3) is 0 Å². The number of nitrogens with zero attached hydrogens (tertiary/aromatic N) is 1. The van der Waals surface area contributed by atoms with E-state index in [2.05, 4.69) is 216 Å². The zero-order chi connectivity index (χ0) is 42.8. The number of anilines is 5. The molecule has 0 amide bonds. The lowest BCUT2D eigenvalue weighted by atomic mass is 9.89. The minimum absolute atomic E-state index is 0.0617. The van der Waals surface area contributed by atoms with Gasteiger partial charge in [-0.05, 0) is 116 Å². The monoisotopic (exact) mass is 818 g/mol. The molecule has 0 bridgehead atoms. The van der Waals surface area contributed by atoms with Crippen LogP contribution in [0.1, 0.15) is 15.9 Å². The molecule has 11 rings (SSSR count). The van der Waals surface area contributed by atoms with Gasteiger partial charge >= 0.3 is 0 Å². The van der Waals surface area contributed by atoms with Crippen LogP contribution in [0.3, 0.4) is 0 Å². The molecule has 0 unspecified atom stereocenters. The van der Waals surface area contributed by atoms with E-state index in [9.17, 15) is 4.79 Å². The second-order valence-electron chi connectivity index (χ2n) is 16.1. The number of hydrogen-bond donors (Lipinski definition) is 1. The normalized spacial score (nSPS) is 11.5. The van der Waals surface area contributed by atoms with E-state index in [1.54, 1.807) is 0 Å². The standard InChI is InChI=1S/C61H42N2O/c64-61-57-20-10-18-55(48-24-34-51(35-25-48)62-50-32-22-45(23-33-50)42-12-4-1-5-13-42)59(57)60-56(19-11-21-58(60)61)49-30-40-54(41-31-49)63(52-36-26-46(27-37-52)43-14-6-2-7-15-43)53-38-28-47(29-39-53)44-16-8-3-9-17-44/h1-41,62H. The van der Waals surface area contributed by atoms with Crippen LogP contribution in [0.5, 0.6) is 0 Å². The summed E-state index contributed by atoms with van der Waals surface area (Å²) < 4.78 is 0. The van der Waals surface area contributed by atoms with Crippen LogP contribution in [0.4, 0.5) is 28.4 Å². The van der Waals surface area contributed by atoms with Crippen molar-refractivity contribution < 1.29 is 4.79 Å². The molecule has 0 spiro atoms. The largest absolute Gasteiger partial charge is 0.356 e. The van der Waals surface area contributed by atoms with Crippen molar-refractivity contribution in [2.75, 3.05) is 10.2 Å². The molecule has 1 aliphatic carbocycles. The third-order valence-corrected chi connectivity index (χ3v) is 12.2. The first-order valence-corrected chi connectivity index (χ1v) is 21.7. The number of fused-ring (bicyclic) bond motifs is 3. The summed E-state index contributed by atoms with van der Waals surface area (Å²) in [5.74, 6) is 0.0617. The van der Waals surface area contributed by atoms with Gasteiger partial charge in [-0.1, -0.05) is 188 Å². The Bertz CT molecular complexity index is 3150. The molecule has 302 valence electrons. The van der Waals surface area contributed by atoms with Crippen LogP contribution in [0.15, 0.2) is 249 Å². The second kappa shape index (κ2) is 16.7. The van der Waals surface area contributed by atoms with Crippen LogP contribution >= 0.6 is 0 Å². The Balaban J connectivity index is 0.916. The molecule has 0 saturated heterocycles. The van der Waals surface area contributed by atoms with Crippen LogP contribution in [0.25, 0.3) is 66.8 Å². The summed E-state index contributed by atoms with van der Waals surface area (Å²) in [5.41, 5.74) is 19.9. The summed E-state index contributed by atoms with van der Waals surface area (Å²) in [6, 6.07) is 86.9. The Hall–Kier alpha value is -8.53. The number of benzene rings is 10. The average Bonchev–Trinajstić information content (AvgIpc) is 3.67. The number of ketones is 1. The van der Waals surface area contributed by atoms with Crippen molar-refractivity contribution in [3.05, 3.63) is 260 Å². The quantitative estimate of drug-likeness (QED) is 0.149. The van der Waals surface area contributed by atoms with Gasteiger partial charge in [0.05, 0.1) is 0 Å². The fraction of sp³-hybridized carbons (Fsp3) is 0. The molecule has 3 nitrogen and oxygen atoms in total. The fourth-order valence-corrected chi connectivity index (χ4v) is 9.03. The molecule has 3 heteroatoms. The lowest BCUT2D eigenvalue weighted by Crippen LogP contribution is -2.09. The van der Waals surface area contributed by atoms with Gasteiger partial charge in [-0.25, -0.2) is 0 Å². The lowest BCUT2D eigenvalue weighted by Gasteiger charge is -2.26. The first-order chi connectivity index (χ1) is 31.6. The van der Waals surface area contributed by atoms with Gasteiger partial charge in [-0.15, -0.1) is 0 Å². The second-order valence-corrected chi connectivity index (χ2v) is 16.1. The molecule has 0 atom stereocenters. The summed E-state index contributed by atoms with van der Waals surface area (Å²) >= 11 is 0. The third kappa shape index (κ3) is 7.36. The van der Waals surface area contributed by atoms with E-state index >= 15 is 0 Å². The van der Waals surface area contributed by atoms with E-state index < -0.39 is 0 Å². The summed E-state index contributed by atoms with van der Waals surface area (Å²) in [7, 11) is 0. The van der Waals surface area contributed by atoms with E-state index in [1.165, 1.54) is 33.4 Å². The molecule has 10 aromatic rings. The summed E-state index contributed by atoms with van der Waals surface area (Å²) in [6.45, 7) is 0. The molecule has 0 aliphatic heterocycles. The van der Waals surface area contributed by atoms with Crippen LogP contribution in [0.2, 0.25) is 0 Å². The fourth-order valence-electron chi connectivity index (χ4n) is 9.03. The van der Waals surface area contributed by atoms with E-state index in [0.717, 1.165) is 72.9 Å². The Morgan fingerprint density at radius 1 is 0.250 bits per heavy atom. The van der Waals surface area contributed by atoms with Crippen LogP contribution in [-0.4, -0.2) is 5.78 Å². The van der Waals surface area contributed by atoms with Crippen molar-refractivity contribution in [3.63, 3.8) is 0 Å². The molecule has 1 N–H and O–H groups in total. The molecule has 0 saturated carbocycles. The molecule has 1 aliphatic rings. The zero-order valence-electron chi connectivity index (χ0n) is 35.0. The van der Waals surface area contributed by atoms with Gasteiger partial charge in [0.15, 0.2) is 5.78 Å². The molecule has 0 aromatic heterocycles. The van der Waals surface area contributed by atoms with Gasteiger partial charge < -0.3 is 10.2 Å². The SMILES string of the molecule is O=C1c2cccc(-c3ccc(Nc4ccc(-c5ccccc5)cc4)cc3)c2-c2c1cccc2-c1ccc(N(c2ccc(-c3ccccc3)cc2)c2ccc(-c3ccccc3)cc2)cc1. The number of hydrogen-bond acceptors (Lipinski definition) is 3. The lowest BCUT2D eigenvalue weighted by molar-refractivity contribution is 0.104. The summed E-state index contributed by atoms with van der Waals surface area (Å²) in [6.07, 6.45) is 0. The highest BCUT2D eigenvalue weighted by molar-refractivity contribution is 6.25. The molecule has 10 aromatic carbocycles. The molecular formula is C61H42N2O. The zero-order valence-corrected chi connectivity index (χ0v) is 35.0. The van der Waals surface area contributed by atoms with Crippen molar-refractivity contribution >= 4 is 34.2 Å². The minimum Gasteiger partial charge on any atom is -0.356 e. The predicted octanol–water partition coefficient (Wildman–Crippen LogP) is 16.4. The Labute approximate surface area is 374 Å². The van der Waals surface area contributed by atoms with Crippen LogP contribution in [0, 0.1) is 0 Å². The maximum absolute atomic E-state index is 14.1. The van der Waals surface area contributed by atoms with Crippen molar-refractivity contribution in [1.29, 1.82) is 0 Å². The highest BCUT2D eigenvalue weighted by Gasteiger charge is 2.31. The van der Waals surface area contributed by atoms with Gasteiger partial charge in [0, 0.05) is 50.7 Å². The Morgan fingerprint density at radius 2 is 0.531 bits per heavy atom. The first-order valence-electron chi connectivity index (χ1n) is 21.7. The van der Waals surface area contributed by atoms with Crippen molar-refractivity contribution in [2.24, 2.45) is 0 Å². The summed E-state index contributed by atoms with van der Waals surface area (Å²) in [4.78, 5) is 16.4. The average molecular weight is 819 g/mol. The number of carbonyl (C=O) groups is 1. The molecule has 0 radical (unpaired) electrons. The van der Waals surface area contributed by atoms with Crippen molar-refractivity contribution in [2.45, 2.75) is 0 Å². The molecular weight excluding hydrogens is 777 g/mol. The van der Waals surface area contributed by atoms with E-state index in [-0.39, 0.29) is 5.78 Å². The van der Waals surface area contributed by atoms with Gasteiger partial charge in [0.1, 0.15) is 0 Å². The smallest absolute Gasteiger partial charge is 0.194 e. The Kier molecular flexibility index (Phi) is 10.0. The number of rotatable bonds is 10. The molecule has 0 fully saturated rings. The van der Waals surface area contributed by atoms with E-state index in [4.69, 9.17) is 0 Å². The molecule has 64 heavy (non-hydrogen) atoms. The third-order valence-electron chi connectivity index (χ3n) is 12.2. The van der Waals surface area contributed by atoms with Gasteiger partial charge in [-0.3, -0.25) is 4.79 Å². The Morgan fingerprint density at radius 3 is 0.891 bits per heavy atom. The number of carbonyl (C=O) groups excluding carboxylic acids is 1. The van der Waals surface area contributed by atoms with Gasteiger partial charge in [-0.2, -0.15) is 0 Å². The van der Waals surface area contributed by atoms with Crippen LogP contribution in [-0.2, 0) is 0 Å². The number of nitrogens with one attached hydrogen (secondary N) is 1. The maximum Gasteiger partial charge on any atom is 0.194 e. The maximum atomic E-state index is 14.1. The summed E-state index contributed by atoms with van der Waals surface area (Å²) in [5, 5.41) is 3.56. The van der Waals surface area contributed by atoms with Gasteiger partial charge in [0.2, 0.25) is 0 Å².